The molecule has 0 saturated heterocycles. The molecule has 1 aromatic carbocycles. The van der Waals surface area contributed by atoms with E-state index < -0.39 is 5.97 Å². The minimum Gasteiger partial charge on any atom is -0.481 e. The molecule has 88 valence electrons. The number of carboxylic acids is 1. The molecule has 0 atom stereocenters. The quantitative estimate of drug-likeness (QED) is 0.803. The average Bonchev–Trinajstić information content (AvgIpc) is 2.15. The highest BCUT2D eigenvalue weighted by molar-refractivity contribution is 5.67. The molecule has 0 spiro atoms. The van der Waals surface area contributed by atoms with Gasteiger partial charge in [-0.2, -0.15) is 0 Å². The fourth-order valence-corrected chi connectivity index (χ4v) is 1.48. The second kappa shape index (κ2) is 5.01. The molecule has 1 rings (SSSR count). The van der Waals surface area contributed by atoms with Crippen LogP contribution in [-0.4, -0.2) is 17.6 Å². The topological polar surface area (TPSA) is 49.3 Å². The Bertz CT molecular complexity index is 355. The Balaban J connectivity index is 2.50. The van der Waals surface area contributed by atoms with Crippen molar-refractivity contribution in [2.24, 2.45) is 5.41 Å². The Hall–Kier alpha value is -1.51. The molecular weight excluding hydrogens is 202 g/mol. The number of aliphatic carboxylic acids is 1. The van der Waals surface area contributed by atoms with Crippen molar-refractivity contribution in [2.45, 2.75) is 27.2 Å². The number of anilines is 1. The largest absolute Gasteiger partial charge is 0.481 e. The maximum atomic E-state index is 10.6. The summed E-state index contributed by atoms with van der Waals surface area (Å²) in [7, 11) is 0. The molecule has 0 unspecified atom stereocenters. The molecule has 0 radical (unpaired) electrons. The molecule has 0 fully saturated rings. The van der Waals surface area contributed by atoms with Crippen LogP contribution in [0.1, 0.15) is 25.8 Å². The first-order valence-electron chi connectivity index (χ1n) is 5.41. The van der Waals surface area contributed by atoms with E-state index in [9.17, 15) is 4.79 Å². The van der Waals surface area contributed by atoms with E-state index in [0.29, 0.717) is 6.54 Å². The van der Waals surface area contributed by atoms with Gasteiger partial charge in [0.05, 0.1) is 6.42 Å². The van der Waals surface area contributed by atoms with Crippen molar-refractivity contribution >= 4 is 11.7 Å². The van der Waals surface area contributed by atoms with Crippen LogP contribution >= 0.6 is 0 Å². The van der Waals surface area contributed by atoms with Crippen molar-refractivity contribution in [1.29, 1.82) is 0 Å². The standard InChI is InChI=1S/C13H19NO2/c1-10-4-6-11(7-5-10)14-9-13(2,3)8-12(15)16/h4-7,14H,8-9H2,1-3H3,(H,15,16). The lowest BCUT2D eigenvalue weighted by molar-refractivity contribution is -0.139. The van der Waals surface area contributed by atoms with Gasteiger partial charge >= 0.3 is 5.97 Å². The lowest BCUT2D eigenvalue weighted by atomic mass is 9.89. The predicted molar refractivity (Wildman–Crippen MR) is 65.7 cm³/mol. The summed E-state index contributed by atoms with van der Waals surface area (Å²) >= 11 is 0. The minimum atomic E-state index is -0.754. The van der Waals surface area contributed by atoms with Crippen LogP contribution < -0.4 is 5.32 Å². The molecule has 0 heterocycles. The van der Waals surface area contributed by atoms with E-state index in [1.807, 2.05) is 45.0 Å². The first-order chi connectivity index (χ1) is 7.39. The molecule has 1 aromatic rings. The smallest absolute Gasteiger partial charge is 0.303 e. The molecule has 0 bridgehead atoms. The third-order valence-electron chi connectivity index (χ3n) is 2.45. The maximum Gasteiger partial charge on any atom is 0.303 e. The third kappa shape index (κ3) is 4.34. The van der Waals surface area contributed by atoms with Gasteiger partial charge in [-0.05, 0) is 24.5 Å². The molecule has 0 aliphatic heterocycles. The normalized spacial score (nSPS) is 11.2. The first-order valence-corrected chi connectivity index (χ1v) is 5.41. The van der Waals surface area contributed by atoms with Crippen LogP contribution in [0.25, 0.3) is 0 Å². The van der Waals surface area contributed by atoms with Gasteiger partial charge in [0, 0.05) is 12.2 Å². The predicted octanol–water partition coefficient (Wildman–Crippen LogP) is 2.91. The molecule has 3 heteroatoms. The Morgan fingerprint density at radius 1 is 1.31 bits per heavy atom. The summed E-state index contributed by atoms with van der Waals surface area (Å²) in [6.45, 7) is 6.59. The highest BCUT2D eigenvalue weighted by atomic mass is 16.4. The molecule has 0 saturated carbocycles. The first kappa shape index (κ1) is 12.6. The van der Waals surface area contributed by atoms with E-state index in [2.05, 4.69) is 5.32 Å². The van der Waals surface area contributed by atoms with Crippen molar-refractivity contribution < 1.29 is 9.90 Å². The van der Waals surface area contributed by atoms with Gasteiger partial charge in [-0.25, -0.2) is 0 Å². The fourth-order valence-electron chi connectivity index (χ4n) is 1.48. The van der Waals surface area contributed by atoms with E-state index in [-0.39, 0.29) is 11.8 Å². The van der Waals surface area contributed by atoms with E-state index in [1.54, 1.807) is 0 Å². The molecule has 0 amide bonds. The van der Waals surface area contributed by atoms with Crippen LogP contribution in [0.3, 0.4) is 0 Å². The number of hydrogen-bond donors (Lipinski definition) is 2. The molecule has 0 aliphatic rings. The summed E-state index contributed by atoms with van der Waals surface area (Å²) < 4.78 is 0. The van der Waals surface area contributed by atoms with Crippen molar-refractivity contribution in [3.63, 3.8) is 0 Å². The zero-order valence-electron chi connectivity index (χ0n) is 10.1. The van der Waals surface area contributed by atoms with Crippen LogP contribution in [0.15, 0.2) is 24.3 Å². The maximum absolute atomic E-state index is 10.6. The molecule has 2 N–H and O–H groups in total. The summed E-state index contributed by atoms with van der Waals surface area (Å²) in [5, 5.41) is 12.0. The van der Waals surface area contributed by atoms with Gasteiger partial charge in [-0.15, -0.1) is 0 Å². The number of aryl methyl sites for hydroxylation is 1. The van der Waals surface area contributed by atoms with Gasteiger partial charge in [0.2, 0.25) is 0 Å². The van der Waals surface area contributed by atoms with Gasteiger partial charge in [0.25, 0.3) is 0 Å². The van der Waals surface area contributed by atoms with Crippen molar-refractivity contribution in [1.82, 2.24) is 0 Å². The van der Waals surface area contributed by atoms with E-state index in [1.165, 1.54) is 5.56 Å². The zero-order chi connectivity index (χ0) is 12.2. The van der Waals surface area contributed by atoms with Gasteiger partial charge in [-0.1, -0.05) is 31.5 Å². The third-order valence-corrected chi connectivity index (χ3v) is 2.45. The van der Waals surface area contributed by atoms with E-state index >= 15 is 0 Å². The number of carboxylic acid groups (broad SMARTS) is 1. The average molecular weight is 221 g/mol. The lowest BCUT2D eigenvalue weighted by Crippen LogP contribution is -2.26. The zero-order valence-corrected chi connectivity index (χ0v) is 10.1. The van der Waals surface area contributed by atoms with Crippen LogP contribution in [-0.2, 0) is 4.79 Å². The highest BCUT2D eigenvalue weighted by Gasteiger charge is 2.21. The summed E-state index contributed by atoms with van der Waals surface area (Å²) in [4.78, 5) is 10.6. The second-order valence-corrected chi connectivity index (χ2v) is 4.95. The Kier molecular flexibility index (Phi) is 3.93. The van der Waals surface area contributed by atoms with Gasteiger partial charge in [0.15, 0.2) is 0 Å². The van der Waals surface area contributed by atoms with Crippen LogP contribution in [0.4, 0.5) is 5.69 Å². The van der Waals surface area contributed by atoms with Crippen LogP contribution in [0.2, 0.25) is 0 Å². The Morgan fingerprint density at radius 2 is 1.88 bits per heavy atom. The monoisotopic (exact) mass is 221 g/mol. The molecule has 0 aromatic heterocycles. The number of rotatable bonds is 5. The molecule has 3 nitrogen and oxygen atoms in total. The van der Waals surface area contributed by atoms with Gasteiger partial charge in [-0.3, -0.25) is 4.79 Å². The summed E-state index contributed by atoms with van der Waals surface area (Å²) in [5.74, 6) is -0.754. The molecule has 16 heavy (non-hydrogen) atoms. The molecular formula is C13H19NO2. The summed E-state index contributed by atoms with van der Waals surface area (Å²) in [5.41, 5.74) is 2.01. The Morgan fingerprint density at radius 3 is 2.38 bits per heavy atom. The SMILES string of the molecule is Cc1ccc(NCC(C)(C)CC(=O)O)cc1. The number of nitrogens with one attached hydrogen (secondary N) is 1. The van der Waals surface area contributed by atoms with Crippen molar-refractivity contribution in [3.05, 3.63) is 29.8 Å². The van der Waals surface area contributed by atoms with Crippen molar-refractivity contribution in [3.8, 4) is 0 Å². The number of benzene rings is 1. The van der Waals surface area contributed by atoms with Gasteiger partial charge < -0.3 is 10.4 Å². The second-order valence-electron chi connectivity index (χ2n) is 4.95. The number of carbonyl (C=O) groups is 1. The van der Waals surface area contributed by atoms with E-state index in [0.717, 1.165) is 5.69 Å². The highest BCUT2D eigenvalue weighted by Crippen LogP contribution is 2.21. The lowest BCUT2D eigenvalue weighted by Gasteiger charge is -2.23. The number of hydrogen-bond acceptors (Lipinski definition) is 2. The van der Waals surface area contributed by atoms with Crippen LogP contribution in [0, 0.1) is 12.3 Å². The Labute approximate surface area is 96.5 Å². The minimum absolute atomic E-state index is 0.172. The fraction of sp³-hybridized carbons (Fsp3) is 0.462. The van der Waals surface area contributed by atoms with Crippen molar-refractivity contribution in [2.75, 3.05) is 11.9 Å². The summed E-state index contributed by atoms with van der Waals surface area (Å²) in [6, 6.07) is 8.08. The molecule has 0 aliphatic carbocycles. The van der Waals surface area contributed by atoms with Crippen LogP contribution in [0.5, 0.6) is 0 Å². The van der Waals surface area contributed by atoms with Gasteiger partial charge in [0.1, 0.15) is 0 Å². The van der Waals surface area contributed by atoms with E-state index in [4.69, 9.17) is 5.11 Å². The summed E-state index contributed by atoms with van der Waals surface area (Å²) in [6.07, 6.45) is 0.172.